The standard InChI is InChI=1S/C16H15N3O2/c20-11-16(10-17-13-5-7-14(21)8-6-13)15-4-2-1-3-12(15)9-18-19-16/h1-9,11,17,19,21H,10H2. The third-order valence-corrected chi connectivity index (χ3v) is 3.55. The first-order chi connectivity index (χ1) is 10.2. The van der Waals surface area contributed by atoms with E-state index in [9.17, 15) is 9.90 Å². The van der Waals surface area contributed by atoms with Crippen molar-refractivity contribution in [3.05, 3.63) is 59.7 Å². The summed E-state index contributed by atoms with van der Waals surface area (Å²) in [5.41, 5.74) is 4.65. The maximum absolute atomic E-state index is 11.7. The van der Waals surface area contributed by atoms with Gasteiger partial charge in [-0.15, -0.1) is 0 Å². The molecule has 1 atom stereocenters. The quantitative estimate of drug-likeness (QED) is 0.590. The molecule has 2 aromatic rings. The predicted molar refractivity (Wildman–Crippen MR) is 81.5 cm³/mol. The molecule has 0 saturated carbocycles. The normalized spacial score (nSPS) is 19.4. The summed E-state index contributed by atoms with van der Waals surface area (Å²) in [6.45, 7) is 0.357. The van der Waals surface area contributed by atoms with Crippen LogP contribution in [0.4, 0.5) is 5.69 Å². The number of hydrazone groups is 1. The van der Waals surface area contributed by atoms with E-state index < -0.39 is 5.54 Å². The molecule has 0 spiro atoms. The third-order valence-electron chi connectivity index (χ3n) is 3.55. The van der Waals surface area contributed by atoms with Crippen LogP contribution in [0, 0.1) is 0 Å². The number of benzene rings is 2. The number of anilines is 1. The molecule has 0 aromatic heterocycles. The minimum Gasteiger partial charge on any atom is -0.508 e. The van der Waals surface area contributed by atoms with Crippen LogP contribution in [0.25, 0.3) is 0 Å². The Bertz CT molecular complexity index is 682. The van der Waals surface area contributed by atoms with Crippen LogP contribution in [-0.2, 0) is 10.3 Å². The van der Waals surface area contributed by atoms with Crippen LogP contribution in [0.5, 0.6) is 5.75 Å². The Morgan fingerprint density at radius 3 is 2.71 bits per heavy atom. The predicted octanol–water partition coefficient (Wildman–Crippen LogP) is 1.84. The maximum atomic E-state index is 11.7. The summed E-state index contributed by atoms with van der Waals surface area (Å²) in [5, 5.41) is 16.6. The average Bonchev–Trinajstić information content (AvgIpc) is 2.54. The number of aldehydes is 1. The molecule has 1 unspecified atom stereocenters. The van der Waals surface area contributed by atoms with Crippen molar-refractivity contribution in [2.45, 2.75) is 5.54 Å². The fourth-order valence-corrected chi connectivity index (χ4v) is 2.38. The molecule has 21 heavy (non-hydrogen) atoms. The lowest BCUT2D eigenvalue weighted by atomic mass is 9.87. The summed E-state index contributed by atoms with van der Waals surface area (Å²) < 4.78 is 0. The van der Waals surface area contributed by atoms with Crippen LogP contribution in [-0.4, -0.2) is 24.2 Å². The number of rotatable bonds is 4. The molecule has 1 aliphatic rings. The molecule has 0 aliphatic carbocycles. The highest BCUT2D eigenvalue weighted by molar-refractivity contribution is 5.87. The van der Waals surface area contributed by atoms with Gasteiger partial charge in [-0.2, -0.15) is 5.10 Å². The Morgan fingerprint density at radius 1 is 1.19 bits per heavy atom. The van der Waals surface area contributed by atoms with Crippen molar-refractivity contribution in [2.24, 2.45) is 5.10 Å². The summed E-state index contributed by atoms with van der Waals surface area (Å²) in [6.07, 6.45) is 2.58. The van der Waals surface area contributed by atoms with Crippen LogP contribution >= 0.6 is 0 Å². The van der Waals surface area contributed by atoms with E-state index >= 15 is 0 Å². The second kappa shape index (κ2) is 5.28. The SMILES string of the molecule is O=CC1(CNc2ccc(O)cc2)NN=Cc2ccccc21. The molecular weight excluding hydrogens is 266 g/mol. The number of phenolic OH excluding ortho intramolecular Hbond substituents is 1. The molecule has 1 aliphatic heterocycles. The number of hydrogen-bond donors (Lipinski definition) is 3. The summed E-state index contributed by atoms with van der Waals surface area (Å²) in [5.74, 6) is 0.205. The summed E-state index contributed by atoms with van der Waals surface area (Å²) in [6, 6.07) is 14.4. The van der Waals surface area contributed by atoms with Gasteiger partial charge < -0.3 is 15.2 Å². The summed E-state index contributed by atoms with van der Waals surface area (Å²) in [7, 11) is 0. The van der Waals surface area contributed by atoms with Crippen LogP contribution in [0.1, 0.15) is 11.1 Å². The third kappa shape index (κ3) is 2.45. The van der Waals surface area contributed by atoms with Crippen LogP contribution in [0.15, 0.2) is 53.6 Å². The largest absolute Gasteiger partial charge is 0.508 e. The molecule has 1 heterocycles. The molecule has 5 nitrogen and oxygen atoms in total. The number of hydrogen-bond acceptors (Lipinski definition) is 5. The van der Waals surface area contributed by atoms with Gasteiger partial charge in [-0.05, 0) is 29.8 Å². The average molecular weight is 281 g/mol. The van der Waals surface area contributed by atoms with Crippen molar-refractivity contribution in [1.82, 2.24) is 5.43 Å². The number of nitrogens with one attached hydrogen (secondary N) is 2. The van der Waals surface area contributed by atoms with E-state index in [2.05, 4.69) is 15.8 Å². The minimum absolute atomic E-state index is 0.205. The van der Waals surface area contributed by atoms with Crippen molar-refractivity contribution in [3.63, 3.8) is 0 Å². The van der Waals surface area contributed by atoms with Crippen molar-refractivity contribution in [1.29, 1.82) is 0 Å². The monoisotopic (exact) mass is 281 g/mol. The Morgan fingerprint density at radius 2 is 1.95 bits per heavy atom. The van der Waals surface area contributed by atoms with Gasteiger partial charge in [0.25, 0.3) is 0 Å². The fourth-order valence-electron chi connectivity index (χ4n) is 2.38. The van der Waals surface area contributed by atoms with E-state index in [0.29, 0.717) is 6.54 Å². The van der Waals surface area contributed by atoms with Gasteiger partial charge in [-0.3, -0.25) is 5.43 Å². The summed E-state index contributed by atoms with van der Waals surface area (Å²) in [4.78, 5) is 11.7. The molecule has 2 aromatic carbocycles. The first-order valence-electron chi connectivity index (χ1n) is 6.62. The highest BCUT2D eigenvalue weighted by Gasteiger charge is 2.35. The lowest BCUT2D eigenvalue weighted by Crippen LogP contribution is -2.49. The topological polar surface area (TPSA) is 73.7 Å². The van der Waals surface area contributed by atoms with Crippen LogP contribution < -0.4 is 10.7 Å². The van der Waals surface area contributed by atoms with Crippen molar-refractivity contribution >= 4 is 18.2 Å². The van der Waals surface area contributed by atoms with Crippen molar-refractivity contribution in [3.8, 4) is 5.75 Å². The first kappa shape index (κ1) is 13.2. The molecule has 3 rings (SSSR count). The lowest BCUT2D eigenvalue weighted by molar-refractivity contribution is -0.113. The molecule has 3 N–H and O–H groups in total. The molecular formula is C16H15N3O2. The van der Waals surface area contributed by atoms with Crippen molar-refractivity contribution in [2.75, 3.05) is 11.9 Å². The van der Waals surface area contributed by atoms with Gasteiger partial charge in [0.1, 0.15) is 5.75 Å². The van der Waals surface area contributed by atoms with Gasteiger partial charge in [0.05, 0.1) is 12.8 Å². The van der Waals surface area contributed by atoms with Gasteiger partial charge in [0, 0.05) is 11.3 Å². The Hall–Kier alpha value is -2.82. The van der Waals surface area contributed by atoms with Gasteiger partial charge in [-0.25, -0.2) is 0 Å². The smallest absolute Gasteiger partial charge is 0.153 e. The molecule has 0 radical (unpaired) electrons. The van der Waals surface area contributed by atoms with Gasteiger partial charge in [-0.1, -0.05) is 24.3 Å². The molecule has 0 saturated heterocycles. The highest BCUT2D eigenvalue weighted by atomic mass is 16.3. The van der Waals surface area contributed by atoms with E-state index in [-0.39, 0.29) is 5.75 Å². The minimum atomic E-state index is -0.900. The maximum Gasteiger partial charge on any atom is 0.153 e. The van der Waals surface area contributed by atoms with E-state index in [1.165, 1.54) is 0 Å². The zero-order valence-electron chi connectivity index (χ0n) is 11.3. The van der Waals surface area contributed by atoms with Gasteiger partial charge >= 0.3 is 0 Å². The Balaban J connectivity index is 1.86. The van der Waals surface area contributed by atoms with E-state index in [0.717, 1.165) is 23.1 Å². The zero-order chi connectivity index (χ0) is 14.7. The number of phenols is 1. The van der Waals surface area contributed by atoms with E-state index in [4.69, 9.17) is 0 Å². The van der Waals surface area contributed by atoms with Gasteiger partial charge in [0.15, 0.2) is 11.8 Å². The van der Waals surface area contributed by atoms with E-state index in [1.807, 2.05) is 24.3 Å². The lowest BCUT2D eigenvalue weighted by Gasteiger charge is -2.32. The highest BCUT2D eigenvalue weighted by Crippen LogP contribution is 2.26. The molecule has 106 valence electrons. The number of carbonyl (C=O) groups is 1. The number of fused-ring (bicyclic) bond motifs is 1. The molecule has 0 bridgehead atoms. The molecule has 5 heteroatoms. The van der Waals surface area contributed by atoms with Gasteiger partial charge in [0.2, 0.25) is 0 Å². The zero-order valence-corrected chi connectivity index (χ0v) is 11.3. The number of nitrogens with zero attached hydrogens (tertiary/aromatic N) is 1. The van der Waals surface area contributed by atoms with Crippen LogP contribution in [0.3, 0.4) is 0 Å². The van der Waals surface area contributed by atoms with Crippen molar-refractivity contribution < 1.29 is 9.90 Å². The fraction of sp³-hybridized carbons (Fsp3) is 0.125. The number of carbonyl (C=O) groups excluding carboxylic acids is 1. The number of aromatic hydroxyl groups is 1. The second-order valence-electron chi connectivity index (χ2n) is 4.95. The summed E-state index contributed by atoms with van der Waals surface area (Å²) >= 11 is 0. The Labute approximate surface area is 122 Å². The van der Waals surface area contributed by atoms with E-state index in [1.54, 1.807) is 30.5 Å². The first-order valence-corrected chi connectivity index (χ1v) is 6.62. The second-order valence-corrected chi connectivity index (χ2v) is 4.95. The molecule has 0 amide bonds. The van der Waals surface area contributed by atoms with Crippen LogP contribution in [0.2, 0.25) is 0 Å². The molecule has 0 fully saturated rings. The Kier molecular flexibility index (Phi) is 3.31.